The largest absolute Gasteiger partial charge is 0.396 e. The van der Waals surface area contributed by atoms with Gasteiger partial charge in [-0.1, -0.05) is 6.92 Å². The molecule has 2 N–H and O–H groups in total. The predicted molar refractivity (Wildman–Crippen MR) is 65.4 cm³/mol. The molecule has 1 heterocycles. The van der Waals surface area contributed by atoms with Gasteiger partial charge >= 0.3 is 0 Å². The molecule has 4 heteroatoms. The molecule has 1 aliphatic rings. The summed E-state index contributed by atoms with van der Waals surface area (Å²) in [5.74, 6) is 0. The molecule has 0 radical (unpaired) electrons. The molecule has 1 aliphatic heterocycles. The molecule has 1 saturated heterocycles. The first kappa shape index (κ1) is 13.9. The maximum atomic E-state index is 9.28. The summed E-state index contributed by atoms with van der Waals surface area (Å²) in [6.45, 7) is 5.06. The van der Waals surface area contributed by atoms with E-state index in [0.717, 1.165) is 19.6 Å². The van der Waals surface area contributed by atoms with Crippen molar-refractivity contribution in [3.05, 3.63) is 0 Å². The lowest BCUT2D eigenvalue weighted by atomic mass is 9.91. The molecule has 96 valence electrons. The molecule has 4 nitrogen and oxygen atoms in total. The van der Waals surface area contributed by atoms with Gasteiger partial charge in [-0.3, -0.25) is 0 Å². The van der Waals surface area contributed by atoms with Gasteiger partial charge in [0.1, 0.15) is 0 Å². The van der Waals surface area contributed by atoms with E-state index in [-0.39, 0.29) is 18.6 Å². The van der Waals surface area contributed by atoms with Crippen molar-refractivity contribution in [1.82, 2.24) is 9.80 Å². The summed E-state index contributed by atoms with van der Waals surface area (Å²) in [7, 11) is 4.25. The van der Waals surface area contributed by atoms with Crippen LogP contribution in [0.3, 0.4) is 0 Å². The lowest BCUT2D eigenvalue weighted by molar-refractivity contribution is 0.0216. The third-order valence-corrected chi connectivity index (χ3v) is 3.71. The maximum Gasteiger partial charge on any atom is 0.0519 e. The van der Waals surface area contributed by atoms with Crippen LogP contribution in [0.4, 0.5) is 0 Å². The fraction of sp³-hybridized carbons (Fsp3) is 1.00. The zero-order valence-electron chi connectivity index (χ0n) is 10.8. The van der Waals surface area contributed by atoms with Crippen LogP contribution in [0.25, 0.3) is 0 Å². The molecule has 0 aromatic heterocycles. The average Bonchev–Trinajstić information content (AvgIpc) is 2.29. The monoisotopic (exact) mass is 230 g/mol. The van der Waals surface area contributed by atoms with E-state index in [2.05, 4.69) is 23.9 Å². The van der Waals surface area contributed by atoms with Gasteiger partial charge in [0.15, 0.2) is 0 Å². The van der Waals surface area contributed by atoms with Gasteiger partial charge < -0.3 is 20.0 Å². The molecule has 0 aromatic carbocycles. The second kappa shape index (κ2) is 5.96. The van der Waals surface area contributed by atoms with Gasteiger partial charge in [0.2, 0.25) is 0 Å². The van der Waals surface area contributed by atoms with Gasteiger partial charge in [-0.2, -0.15) is 0 Å². The SMILES string of the molecule is CN1CCC(N(C)CC(C)(CO)CO)CC1. The Kier molecular flexibility index (Phi) is 5.18. The zero-order valence-corrected chi connectivity index (χ0v) is 10.8. The Morgan fingerprint density at radius 2 is 1.75 bits per heavy atom. The Morgan fingerprint density at radius 1 is 1.25 bits per heavy atom. The van der Waals surface area contributed by atoms with Crippen LogP contribution in [0, 0.1) is 5.41 Å². The van der Waals surface area contributed by atoms with Gasteiger partial charge in [-0.25, -0.2) is 0 Å². The number of aliphatic hydroxyl groups excluding tert-OH is 2. The van der Waals surface area contributed by atoms with E-state index in [0.29, 0.717) is 6.04 Å². The lowest BCUT2D eigenvalue weighted by Crippen LogP contribution is -2.47. The fourth-order valence-corrected chi connectivity index (χ4v) is 2.32. The maximum absolute atomic E-state index is 9.28. The van der Waals surface area contributed by atoms with Crippen LogP contribution < -0.4 is 0 Å². The summed E-state index contributed by atoms with van der Waals surface area (Å²) in [6, 6.07) is 0.591. The molecule has 16 heavy (non-hydrogen) atoms. The van der Waals surface area contributed by atoms with E-state index in [1.807, 2.05) is 6.92 Å². The van der Waals surface area contributed by atoms with E-state index < -0.39 is 0 Å². The van der Waals surface area contributed by atoms with E-state index in [4.69, 9.17) is 0 Å². The van der Waals surface area contributed by atoms with Crippen molar-refractivity contribution in [1.29, 1.82) is 0 Å². The van der Waals surface area contributed by atoms with Crippen LogP contribution in [0.15, 0.2) is 0 Å². The molecule has 0 spiro atoms. The van der Waals surface area contributed by atoms with Crippen molar-refractivity contribution < 1.29 is 10.2 Å². The third kappa shape index (κ3) is 3.70. The highest BCUT2D eigenvalue weighted by atomic mass is 16.3. The molecule has 0 unspecified atom stereocenters. The van der Waals surface area contributed by atoms with Crippen LogP contribution in [0.2, 0.25) is 0 Å². The number of nitrogens with zero attached hydrogens (tertiary/aromatic N) is 2. The Balaban J connectivity index is 2.42. The first-order valence-corrected chi connectivity index (χ1v) is 6.11. The van der Waals surface area contributed by atoms with Gasteiger partial charge in [0.25, 0.3) is 0 Å². The van der Waals surface area contributed by atoms with Crippen LogP contribution in [0.1, 0.15) is 19.8 Å². The van der Waals surface area contributed by atoms with Gasteiger partial charge in [0.05, 0.1) is 13.2 Å². The molecule has 0 aliphatic carbocycles. The summed E-state index contributed by atoms with van der Waals surface area (Å²) in [5, 5.41) is 18.6. The lowest BCUT2D eigenvalue weighted by Gasteiger charge is -2.39. The predicted octanol–water partition coefficient (Wildman–Crippen LogP) is 0.00330. The molecular formula is C12H26N2O2. The Hall–Kier alpha value is -0.160. The molecule has 0 atom stereocenters. The van der Waals surface area contributed by atoms with Gasteiger partial charge in [0, 0.05) is 18.0 Å². The van der Waals surface area contributed by atoms with Crippen LogP contribution in [-0.2, 0) is 0 Å². The Labute approximate surface area is 98.9 Å². The number of hydrogen-bond acceptors (Lipinski definition) is 4. The number of likely N-dealkylation sites (tertiary alicyclic amines) is 1. The fourth-order valence-electron chi connectivity index (χ4n) is 2.32. The van der Waals surface area contributed by atoms with Crippen LogP contribution in [-0.4, -0.2) is 73.0 Å². The molecule has 0 bridgehead atoms. The third-order valence-electron chi connectivity index (χ3n) is 3.71. The molecule has 1 rings (SSSR count). The Bertz CT molecular complexity index is 199. The summed E-state index contributed by atoms with van der Waals surface area (Å²) in [5.41, 5.74) is -0.377. The van der Waals surface area contributed by atoms with Crippen molar-refractivity contribution in [3.8, 4) is 0 Å². The Morgan fingerprint density at radius 3 is 2.19 bits per heavy atom. The van der Waals surface area contributed by atoms with E-state index in [9.17, 15) is 10.2 Å². The van der Waals surface area contributed by atoms with Gasteiger partial charge in [-0.05, 0) is 40.0 Å². The minimum Gasteiger partial charge on any atom is -0.396 e. The van der Waals surface area contributed by atoms with E-state index >= 15 is 0 Å². The van der Waals surface area contributed by atoms with Crippen molar-refractivity contribution in [2.75, 3.05) is 46.9 Å². The summed E-state index contributed by atoms with van der Waals surface area (Å²) in [6.07, 6.45) is 2.36. The standard InChI is InChI=1S/C12H26N2O2/c1-12(9-15,10-16)8-14(3)11-4-6-13(2)7-5-11/h11,15-16H,4-10H2,1-3H3. The minimum absolute atomic E-state index is 0.0421. The summed E-state index contributed by atoms with van der Waals surface area (Å²) in [4.78, 5) is 4.64. The molecule has 0 amide bonds. The smallest absolute Gasteiger partial charge is 0.0519 e. The van der Waals surface area contributed by atoms with Crippen LogP contribution >= 0.6 is 0 Å². The number of piperidine rings is 1. The zero-order chi connectivity index (χ0) is 12.2. The normalized spacial score (nSPS) is 20.6. The second-order valence-corrected chi connectivity index (χ2v) is 5.58. The van der Waals surface area contributed by atoms with Gasteiger partial charge in [-0.15, -0.1) is 0 Å². The summed E-state index contributed by atoms with van der Waals surface area (Å²) < 4.78 is 0. The second-order valence-electron chi connectivity index (χ2n) is 5.58. The number of hydrogen-bond donors (Lipinski definition) is 2. The highest BCUT2D eigenvalue weighted by Gasteiger charge is 2.28. The van der Waals surface area contributed by atoms with E-state index in [1.54, 1.807) is 0 Å². The van der Waals surface area contributed by atoms with Crippen molar-refractivity contribution in [2.24, 2.45) is 5.41 Å². The number of aliphatic hydroxyl groups is 2. The molecule has 0 aromatic rings. The molecule has 0 saturated carbocycles. The summed E-state index contributed by atoms with van der Waals surface area (Å²) >= 11 is 0. The molecular weight excluding hydrogens is 204 g/mol. The minimum atomic E-state index is -0.377. The van der Waals surface area contributed by atoms with Crippen molar-refractivity contribution in [3.63, 3.8) is 0 Å². The first-order chi connectivity index (χ1) is 7.50. The first-order valence-electron chi connectivity index (χ1n) is 6.11. The highest BCUT2D eigenvalue weighted by Crippen LogP contribution is 2.20. The van der Waals surface area contributed by atoms with Crippen LogP contribution in [0.5, 0.6) is 0 Å². The average molecular weight is 230 g/mol. The topological polar surface area (TPSA) is 46.9 Å². The molecule has 1 fully saturated rings. The van der Waals surface area contributed by atoms with Crippen molar-refractivity contribution >= 4 is 0 Å². The number of rotatable bonds is 5. The van der Waals surface area contributed by atoms with Crippen molar-refractivity contribution in [2.45, 2.75) is 25.8 Å². The van der Waals surface area contributed by atoms with E-state index in [1.165, 1.54) is 12.8 Å². The quantitative estimate of drug-likeness (QED) is 0.698. The highest BCUT2D eigenvalue weighted by molar-refractivity contribution is 4.82.